The van der Waals surface area contributed by atoms with Crippen molar-refractivity contribution in [3.63, 3.8) is 0 Å². The van der Waals surface area contributed by atoms with Gasteiger partial charge in [-0.3, -0.25) is 4.68 Å². The molecule has 0 radical (unpaired) electrons. The van der Waals surface area contributed by atoms with Crippen LogP contribution >= 0.6 is 11.3 Å². The molecule has 0 aromatic carbocycles. The summed E-state index contributed by atoms with van der Waals surface area (Å²) in [6, 6.07) is 5.68. The standard InChI is InChI=1S/C15H16N4O2S/c20-15(17-9-14-2-1-7-22-14)16-4-5-19-10-13(8-18-19)12-3-6-21-11-12/h1-3,6-8,10-11H,4-5,9H2,(H2,16,17,20). The Morgan fingerprint density at radius 2 is 2.27 bits per heavy atom. The van der Waals surface area contributed by atoms with Crippen molar-refractivity contribution in [3.05, 3.63) is 53.4 Å². The number of nitrogens with zero attached hydrogens (tertiary/aromatic N) is 2. The average molecular weight is 316 g/mol. The molecule has 3 aromatic heterocycles. The first-order valence-corrected chi connectivity index (χ1v) is 7.78. The molecule has 0 atom stereocenters. The second-order valence-electron chi connectivity index (χ2n) is 4.69. The third kappa shape index (κ3) is 3.76. The minimum atomic E-state index is -0.171. The number of thiophene rings is 1. The van der Waals surface area contributed by atoms with E-state index in [1.165, 1.54) is 0 Å². The van der Waals surface area contributed by atoms with Crippen molar-refractivity contribution in [1.82, 2.24) is 20.4 Å². The van der Waals surface area contributed by atoms with E-state index in [1.807, 2.05) is 29.8 Å². The molecule has 0 fully saturated rings. The molecule has 22 heavy (non-hydrogen) atoms. The molecule has 0 bridgehead atoms. The molecule has 7 heteroatoms. The first kappa shape index (κ1) is 14.4. The Morgan fingerprint density at radius 1 is 1.32 bits per heavy atom. The molecule has 0 saturated carbocycles. The predicted octanol–water partition coefficient (Wildman–Crippen LogP) is 2.70. The summed E-state index contributed by atoms with van der Waals surface area (Å²) in [5.41, 5.74) is 1.99. The third-order valence-corrected chi connectivity index (χ3v) is 3.99. The normalized spacial score (nSPS) is 10.5. The molecule has 3 rings (SSSR count). The molecule has 0 aliphatic heterocycles. The number of hydrogen-bond donors (Lipinski definition) is 2. The van der Waals surface area contributed by atoms with Crippen LogP contribution in [-0.2, 0) is 13.1 Å². The lowest BCUT2D eigenvalue weighted by molar-refractivity contribution is 0.240. The topological polar surface area (TPSA) is 72.1 Å². The van der Waals surface area contributed by atoms with Crippen LogP contribution in [0.25, 0.3) is 11.1 Å². The zero-order valence-corrected chi connectivity index (χ0v) is 12.7. The average Bonchev–Trinajstić information content (AvgIpc) is 3.26. The van der Waals surface area contributed by atoms with Crippen LogP contribution in [0, 0.1) is 0 Å². The number of aromatic nitrogens is 2. The first-order chi connectivity index (χ1) is 10.8. The van der Waals surface area contributed by atoms with Crippen LogP contribution in [0.1, 0.15) is 4.88 Å². The fraction of sp³-hybridized carbons (Fsp3) is 0.200. The van der Waals surface area contributed by atoms with E-state index < -0.39 is 0 Å². The van der Waals surface area contributed by atoms with Crippen molar-refractivity contribution < 1.29 is 9.21 Å². The molecule has 0 aliphatic carbocycles. The van der Waals surface area contributed by atoms with E-state index in [9.17, 15) is 4.79 Å². The number of carbonyl (C=O) groups excluding carboxylic acids is 1. The highest BCUT2D eigenvalue weighted by Crippen LogP contribution is 2.18. The number of rotatable bonds is 6. The molecule has 0 unspecified atom stereocenters. The van der Waals surface area contributed by atoms with Crippen LogP contribution in [0.4, 0.5) is 4.79 Å². The summed E-state index contributed by atoms with van der Waals surface area (Å²) in [5, 5.41) is 11.9. The molecular weight excluding hydrogens is 300 g/mol. The summed E-state index contributed by atoms with van der Waals surface area (Å²) in [6.07, 6.45) is 7.02. The Labute approximate surface area is 131 Å². The van der Waals surface area contributed by atoms with Crippen molar-refractivity contribution in [2.75, 3.05) is 6.54 Å². The third-order valence-electron chi connectivity index (χ3n) is 3.12. The van der Waals surface area contributed by atoms with E-state index in [0.717, 1.165) is 16.0 Å². The predicted molar refractivity (Wildman–Crippen MR) is 84.5 cm³/mol. The number of furan rings is 1. The molecule has 6 nitrogen and oxygen atoms in total. The maximum atomic E-state index is 11.7. The van der Waals surface area contributed by atoms with Gasteiger partial charge in [0.25, 0.3) is 0 Å². The molecule has 3 aromatic rings. The van der Waals surface area contributed by atoms with E-state index in [4.69, 9.17) is 4.42 Å². The monoisotopic (exact) mass is 316 g/mol. The molecule has 0 saturated heterocycles. The van der Waals surface area contributed by atoms with Crippen LogP contribution in [0.2, 0.25) is 0 Å². The van der Waals surface area contributed by atoms with Gasteiger partial charge >= 0.3 is 6.03 Å². The fourth-order valence-electron chi connectivity index (χ4n) is 1.99. The minimum Gasteiger partial charge on any atom is -0.472 e. The van der Waals surface area contributed by atoms with E-state index in [2.05, 4.69) is 15.7 Å². The van der Waals surface area contributed by atoms with Crippen molar-refractivity contribution in [2.45, 2.75) is 13.1 Å². The van der Waals surface area contributed by atoms with Gasteiger partial charge in [0.1, 0.15) is 0 Å². The summed E-state index contributed by atoms with van der Waals surface area (Å²) in [4.78, 5) is 12.8. The van der Waals surface area contributed by atoms with E-state index in [1.54, 1.807) is 34.7 Å². The van der Waals surface area contributed by atoms with Gasteiger partial charge in [0.2, 0.25) is 0 Å². The summed E-state index contributed by atoms with van der Waals surface area (Å²) < 4.78 is 6.84. The van der Waals surface area contributed by atoms with Gasteiger partial charge in [-0.05, 0) is 17.5 Å². The van der Waals surface area contributed by atoms with Crippen LogP contribution in [0.3, 0.4) is 0 Å². The second kappa shape index (κ2) is 6.95. The molecule has 0 spiro atoms. The fourth-order valence-corrected chi connectivity index (χ4v) is 2.64. The molecule has 2 N–H and O–H groups in total. The quantitative estimate of drug-likeness (QED) is 0.734. The molecule has 0 aliphatic rings. The van der Waals surface area contributed by atoms with Gasteiger partial charge in [0.15, 0.2) is 0 Å². The van der Waals surface area contributed by atoms with Gasteiger partial charge in [-0.1, -0.05) is 6.07 Å². The maximum absolute atomic E-state index is 11.7. The Kier molecular flexibility index (Phi) is 4.55. The molecular formula is C15H16N4O2S. The van der Waals surface area contributed by atoms with E-state index in [0.29, 0.717) is 19.6 Å². The molecule has 3 heterocycles. The minimum absolute atomic E-state index is 0.171. The summed E-state index contributed by atoms with van der Waals surface area (Å²) in [7, 11) is 0. The van der Waals surface area contributed by atoms with Crippen molar-refractivity contribution in [3.8, 4) is 11.1 Å². The van der Waals surface area contributed by atoms with Crippen LogP contribution < -0.4 is 10.6 Å². The zero-order chi connectivity index (χ0) is 15.2. The number of hydrogen-bond acceptors (Lipinski definition) is 4. The van der Waals surface area contributed by atoms with Gasteiger partial charge < -0.3 is 15.1 Å². The lowest BCUT2D eigenvalue weighted by Gasteiger charge is -2.06. The largest absolute Gasteiger partial charge is 0.472 e. The molecule has 114 valence electrons. The van der Waals surface area contributed by atoms with Crippen LogP contribution in [0.5, 0.6) is 0 Å². The Morgan fingerprint density at radius 3 is 3.05 bits per heavy atom. The summed E-state index contributed by atoms with van der Waals surface area (Å²) >= 11 is 1.62. The highest BCUT2D eigenvalue weighted by Gasteiger charge is 2.04. The number of carbonyl (C=O) groups is 1. The first-order valence-electron chi connectivity index (χ1n) is 6.90. The van der Waals surface area contributed by atoms with Gasteiger partial charge in [-0.2, -0.15) is 5.10 Å². The lowest BCUT2D eigenvalue weighted by Crippen LogP contribution is -2.36. The van der Waals surface area contributed by atoms with E-state index >= 15 is 0 Å². The summed E-state index contributed by atoms with van der Waals surface area (Å²) in [5.74, 6) is 0. The molecule has 2 amide bonds. The van der Waals surface area contributed by atoms with Crippen molar-refractivity contribution in [2.24, 2.45) is 0 Å². The number of nitrogens with one attached hydrogen (secondary N) is 2. The van der Waals surface area contributed by atoms with Gasteiger partial charge in [-0.25, -0.2) is 4.79 Å². The van der Waals surface area contributed by atoms with Crippen molar-refractivity contribution >= 4 is 17.4 Å². The van der Waals surface area contributed by atoms with Crippen LogP contribution in [0.15, 0.2) is 52.9 Å². The SMILES string of the molecule is O=C(NCCn1cc(-c2ccoc2)cn1)NCc1cccs1. The Bertz CT molecular complexity index is 704. The maximum Gasteiger partial charge on any atom is 0.315 e. The lowest BCUT2D eigenvalue weighted by atomic mass is 10.2. The highest BCUT2D eigenvalue weighted by atomic mass is 32.1. The number of urea groups is 1. The zero-order valence-electron chi connectivity index (χ0n) is 11.9. The Balaban J connectivity index is 1.40. The van der Waals surface area contributed by atoms with Crippen LogP contribution in [-0.4, -0.2) is 22.4 Å². The van der Waals surface area contributed by atoms with Gasteiger partial charge in [0, 0.05) is 28.7 Å². The number of amides is 2. The van der Waals surface area contributed by atoms with Gasteiger partial charge in [-0.15, -0.1) is 11.3 Å². The second-order valence-corrected chi connectivity index (χ2v) is 5.73. The van der Waals surface area contributed by atoms with E-state index in [-0.39, 0.29) is 6.03 Å². The van der Waals surface area contributed by atoms with Gasteiger partial charge in [0.05, 0.1) is 31.8 Å². The van der Waals surface area contributed by atoms with Crippen molar-refractivity contribution in [1.29, 1.82) is 0 Å². The highest BCUT2D eigenvalue weighted by molar-refractivity contribution is 7.09. The summed E-state index contributed by atoms with van der Waals surface area (Å²) in [6.45, 7) is 1.68. The smallest absolute Gasteiger partial charge is 0.315 e. The Hall–Kier alpha value is -2.54.